The highest BCUT2D eigenvalue weighted by molar-refractivity contribution is 9.10. The van der Waals surface area contributed by atoms with Crippen LogP contribution in [0.5, 0.6) is 0 Å². The number of amides is 1. The van der Waals surface area contributed by atoms with E-state index < -0.39 is 18.3 Å². The first-order chi connectivity index (χ1) is 18.4. The van der Waals surface area contributed by atoms with Gasteiger partial charge in [0, 0.05) is 39.9 Å². The van der Waals surface area contributed by atoms with E-state index in [2.05, 4.69) is 37.5 Å². The normalized spacial score (nSPS) is 12.8. The number of halogens is 1. The fourth-order valence-electron chi connectivity index (χ4n) is 4.47. The standard InChI is InChI=1S/C26H31BrN7O4P/c1-17(2)33(18(3)4)39(38,31-22-11-13-23(14-12-22)34(36)37)24-19(5)30-32(16-6-15-28)25(24)29-26(35)20-7-9-21(27)10-8-20/h7-14,17-18H,6,16H2,1-5H3,(H,29,35)(H,31,38). The number of carbonyl (C=O) groups is 1. The Labute approximate surface area is 236 Å². The number of nitro benzene ring substituents is 1. The summed E-state index contributed by atoms with van der Waals surface area (Å²) in [6.07, 6.45) is 0.125. The van der Waals surface area contributed by atoms with Crippen LogP contribution in [0.25, 0.3) is 0 Å². The van der Waals surface area contributed by atoms with Crippen LogP contribution < -0.4 is 15.7 Å². The summed E-state index contributed by atoms with van der Waals surface area (Å²) in [5.41, 5.74) is 1.12. The molecule has 206 valence electrons. The van der Waals surface area contributed by atoms with Crippen LogP contribution in [0.1, 0.15) is 50.2 Å². The molecule has 2 aromatic carbocycles. The third-order valence-corrected chi connectivity index (χ3v) is 9.72. The number of carbonyl (C=O) groups excluding carboxylic acids is 1. The highest BCUT2D eigenvalue weighted by atomic mass is 79.9. The Morgan fingerprint density at radius 1 is 1.15 bits per heavy atom. The highest BCUT2D eigenvalue weighted by Gasteiger charge is 2.42. The molecule has 0 spiro atoms. The van der Waals surface area contributed by atoms with Crippen LogP contribution in [0.2, 0.25) is 0 Å². The fraction of sp³-hybridized carbons (Fsp3) is 0.346. The van der Waals surface area contributed by atoms with Gasteiger partial charge in [-0.25, -0.2) is 9.35 Å². The molecule has 0 bridgehead atoms. The first kappa shape index (κ1) is 30.0. The average molecular weight is 616 g/mol. The van der Waals surface area contributed by atoms with Gasteiger partial charge >= 0.3 is 0 Å². The van der Waals surface area contributed by atoms with Crippen LogP contribution in [-0.4, -0.2) is 37.4 Å². The third kappa shape index (κ3) is 6.74. The van der Waals surface area contributed by atoms with Gasteiger partial charge in [0.2, 0.25) is 0 Å². The van der Waals surface area contributed by atoms with Crippen molar-refractivity contribution in [3.05, 3.63) is 74.4 Å². The van der Waals surface area contributed by atoms with E-state index in [4.69, 9.17) is 0 Å². The number of nitrogens with zero attached hydrogens (tertiary/aromatic N) is 5. The fourth-order valence-corrected chi connectivity index (χ4v) is 7.93. The van der Waals surface area contributed by atoms with Crippen LogP contribution in [0.3, 0.4) is 0 Å². The summed E-state index contributed by atoms with van der Waals surface area (Å²) in [5, 5.41) is 31.3. The summed E-state index contributed by atoms with van der Waals surface area (Å²) in [6.45, 7) is 9.55. The maximum Gasteiger partial charge on any atom is 0.272 e. The van der Waals surface area contributed by atoms with Crippen molar-refractivity contribution in [2.45, 2.75) is 59.7 Å². The van der Waals surface area contributed by atoms with Crippen LogP contribution in [0, 0.1) is 28.4 Å². The average Bonchev–Trinajstić information content (AvgIpc) is 3.17. The lowest BCUT2D eigenvalue weighted by atomic mass is 10.2. The lowest BCUT2D eigenvalue weighted by Gasteiger charge is -2.38. The van der Waals surface area contributed by atoms with Crippen LogP contribution >= 0.6 is 23.4 Å². The summed E-state index contributed by atoms with van der Waals surface area (Å²) in [7, 11) is -3.77. The van der Waals surface area contributed by atoms with Gasteiger partial charge in [0.25, 0.3) is 19.0 Å². The largest absolute Gasteiger partial charge is 0.321 e. The second-order valence-corrected chi connectivity index (χ2v) is 12.6. The Morgan fingerprint density at radius 2 is 1.74 bits per heavy atom. The van der Waals surface area contributed by atoms with Gasteiger partial charge in [0.15, 0.2) is 0 Å². The van der Waals surface area contributed by atoms with Crippen LogP contribution in [0.15, 0.2) is 53.0 Å². The van der Waals surface area contributed by atoms with E-state index in [9.17, 15) is 20.2 Å². The van der Waals surface area contributed by atoms with E-state index in [0.29, 0.717) is 22.2 Å². The number of non-ortho nitro benzene ring substituents is 1. The Morgan fingerprint density at radius 3 is 2.26 bits per heavy atom. The van der Waals surface area contributed by atoms with E-state index >= 15 is 4.57 Å². The minimum atomic E-state index is -3.77. The molecule has 0 fully saturated rings. The molecular weight excluding hydrogens is 585 g/mol. The van der Waals surface area contributed by atoms with Crippen molar-refractivity contribution in [3.63, 3.8) is 0 Å². The minimum Gasteiger partial charge on any atom is -0.321 e. The van der Waals surface area contributed by atoms with Crippen molar-refractivity contribution in [3.8, 4) is 6.07 Å². The molecule has 0 saturated carbocycles. The highest BCUT2D eigenvalue weighted by Crippen LogP contribution is 2.53. The molecule has 1 amide bonds. The second kappa shape index (κ2) is 12.6. The van der Waals surface area contributed by atoms with Gasteiger partial charge < -0.3 is 10.4 Å². The number of nitriles is 1. The Bertz CT molecular complexity index is 1420. The Balaban J connectivity index is 2.22. The Kier molecular flexibility index (Phi) is 9.67. The predicted molar refractivity (Wildman–Crippen MR) is 155 cm³/mol. The number of benzene rings is 2. The summed E-state index contributed by atoms with van der Waals surface area (Å²) in [4.78, 5) is 24.0. The van der Waals surface area contributed by atoms with Crippen molar-refractivity contribution >= 4 is 51.8 Å². The number of hydrogen-bond acceptors (Lipinski definition) is 6. The number of aryl methyl sites for hydroxylation is 2. The molecule has 1 unspecified atom stereocenters. The van der Waals surface area contributed by atoms with E-state index in [1.165, 1.54) is 28.9 Å². The molecule has 3 rings (SSSR count). The first-order valence-corrected chi connectivity index (χ1v) is 14.8. The molecule has 13 heteroatoms. The zero-order valence-electron chi connectivity index (χ0n) is 22.4. The maximum absolute atomic E-state index is 15.3. The van der Waals surface area contributed by atoms with Gasteiger partial charge in [-0.1, -0.05) is 15.9 Å². The minimum absolute atomic E-state index is 0.0945. The van der Waals surface area contributed by atoms with Crippen molar-refractivity contribution in [2.24, 2.45) is 0 Å². The van der Waals surface area contributed by atoms with Gasteiger partial charge in [-0.05, 0) is 71.0 Å². The third-order valence-electron chi connectivity index (χ3n) is 5.91. The monoisotopic (exact) mass is 615 g/mol. The lowest BCUT2D eigenvalue weighted by molar-refractivity contribution is -0.384. The second-order valence-electron chi connectivity index (χ2n) is 9.43. The van der Waals surface area contributed by atoms with Crippen LogP contribution in [-0.2, 0) is 11.1 Å². The predicted octanol–water partition coefficient (Wildman–Crippen LogP) is 6.08. The Hall–Kier alpha value is -3.52. The molecule has 0 saturated heterocycles. The maximum atomic E-state index is 15.3. The smallest absolute Gasteiger partial charge is 0.272 e. The van der Waals surface area contributed by atoms with Gasteiger partial charge in [-0.3, -0.25) is 19.5 Å². The number of aromatic nitrogens is 2. The van der Waals surface area contributed by atoms with E-state index in [0.717, 1.165) is 4.47 Å². The topological polar surface area (TPSA) is 146 Å². The molecule has 3 aromatic rings. The number of rotatable bonds is 11. The molecule has 0 aliphatic rings. The molecule has 11 nitrogen and oxygen atoms in total. The van der Waals surface area contributed by atoms with Gasteiger partial charge in [0.1, 0.15) is 11.1 Å². The van der Waals surface area contributed by atoms with Gasteiger partial charge in [-0.15, -0.1) is 0 Å². The van der Waals surface area contributed by atoms with E-state index in [1.54, 1.807) is 31.2 Å². The lowest BCUT2D eigenvalue weighted by Crippen LogP contribution is -2.41. The molecule has 2 N–H and O–H groups in total. The van der Waals surface area contributed by atoms with E-state index in [1.807, 2.05) is 32.4 Å². The molecule has 1 aromatic heterocycles. The molecule has 0 radical (unpaired) electrons. The SMILES string of the molecule is Cc1nn(CCC#N)c(NC(=O)c2ccc(Br)cc2)c1P(=O)(Nc1ccc([N+](=O)[O-])cc1)N(C(C)C)C(C)C. The van der Waals surface area contributed by atoms with Crippen molar-refractivity contribution < 1.29 is 14.3 Å². The zero-order chi connectivity index (χ0) is 28.9. The molecule has 0 aliphatic carbocycles. The van der Waals surface area contributed by atoms with Crippen LogP contribution in [0.4, 0.5) is 17.2 Å². The molecule has 1 atom stereocenters. The number of nitrogens with one attached hydrogen (secondary N) is 2. The summed E-state index contributed by atoms with van der Waals surface area (Å²) in [6, 6.07) is 14.2. The quantitative estimate of drug-likeness (QED) is 0.150. The van der Waals surface area contributed by atoms with Crippen molar-refractivity contribution in [1.29, 1.82) is 5.26 Å². The van der Waals surface area contributed by atoms with Gasteiger partial charge in [-0.2, -0.15) is 10.4 Å². The molecule has 0 aliphatic heterocycles. The van der Waals surface area contributed by atoms with E-state index in [-0.39, 0.29) is 36.6 Å². The zero-order valence-corrected chi connectivity index (χ0v) is 24.9. The van der Waals surface area contributed by atoms with Crippen molar-refractivity contribution in [2.75, 3.05) is 10.4 Å². The number of nitro groups is 1. The summed E-state index contributed by atoms with van der Waals surface area (Å²) in [5.74, 6) is -0.205. The molecule has 1 heterocycles. The van der Waals surface area contributed by atoms with Crippen molar-refractivity contribution in [1.82, 2.24) is 14.5 Å². The summed E-state index contributed by atoms with van der Waals surface area (Å²) >= 11 is 3.36. The van der Waals surface area contributed by atoms with Gasteiger partial charge in [0.05, 0.1) is 29.7 Å². The summed E-state index contributed by atoms with van der Waals surface area (Å²) < 4.78 is 19.4. The molecular formula is C26H31BrN7O4P. The number of anilines is 2. The number of hydrogen-bond donors (Lipinski definition) is 2. The molecule has 39 heavy (non-hydrogen) atoms. The first-order valence-electron chi connectivity index (χ1n) is 12.3.